The van der Waals surface area contributed by atoms with E-state index in [2.05, 4.69) is 0 Å². The van der Waals surface area contributed by atoms with Crippen molar-refractivity contribution < 1.29 is 19.2 Å². The third kappa shape index (κ3) is 3.26. The van der Waals surface area contributed by atoms with E-state index in [0.29, 0.717) is 10.6 Å². The first kappa shape index (κ1) is 19.9. The minimum Gasteiger partial charge on any atom is -0.292 e. The lowest BCUT2D eigenvalue weighted by Gasteiger charge is -2.30. The summed E-state index contributed by atoms with van der Waals surface area (Å²) in [7, 11) is 0. The number of imide groups is 1. The Morgan fingerprint density at radius 1 is 0.871 bits per heavy atom. The van der Waals surface area contributed by atoms with Gasteiger partial charge in [0.25, 0.3) is 17.7 Å². The molecule has 7 heteroatoms. The molecule has 4 atom stereocenters. The Kier molecular flexibility index (Phi) is 4.89. The quantitative estimate of drug-likeness (QED) is 0.530. The highest BCUT2D eigenvalue weighted by molar-refractivity contribution is 6.30. The molecule has 2 aromatic carbocycles. The Morgan fingerprint density at radius 3 is 2.03 bits per heavy atom. The van der Waals surface area contributed by atoms with E-state index in [1.54, 1.807) is 42.5 Å². The molecule has 0 unspecified atom stereocenters. The number of amides is 3. The minimum absolute atomic E-state index is 0.189. The molecule has 31 heavy (non-hydrogen) atoms. The monoisotopic (exact) mass is 436 g/mol. The summed E-state index contributed by atoms with van der Waals surface area (Å²) in [6.45, 7) is -0.391. The van der Waals surface area contributed by atoms with Crippen LogP contribution in [-0.4, -0.2) is 40.1 Å². The number of hydrazine groups is 1. The van der Waals surface area contributed by atoms with Crippen molar-refractivity contribution in [3.63, 3.8) is 0 Å². The second kappa shape index (κ2) is 7.61. The van der Waals surface area contributed by atoms with Crippen molar-refractivity contribution in [1.82, 2.24) is 10.0 Å². The number of halogens is 1. The van der Waals surface area contributed by atoms with Crippen molar-refractivity contribution >= 4 is 35.1 Å². The van der Waals surface area contributed by atoms with Gasteiger partial charge in [-0.1, -0.05) is 41.9 Å². The summed E-state index contributed by atoms with van der Waals surface area (Å²) >= 11 is 5.94. The highest BCUT2D eigenvalue weighted by atomic mass is 35.5. The van der Waals surface area contributed by atoms with Crippen LogP contribution in [0.2, 0.25) is 5.02 Å². The number of ketones is 1. The van der Waals surface area contributed by atoms with E-state index >= 15 is 0 Å². The van der Waals surface area contributed by atoms with Gasteiger partial charge < -0.3 is 0 Å². The molecule has 2 aliphatic carbocycles. The summed E-state index contributed by atoms with van der Waals surface area (Å²) in [5.41, 5.74) is 0.668. The van der Waals surface area contributed by atoms with Crippen LogP contribution in [-0.2, 0) is 9.59 Å². The lowest BCUT2D eigenvalue weighted by Crippen LogP contribution is -2.52. The second-order valence-corrected chi connectivity index (χ2v) is 8.97. The third-order valence-electron chi connectivity index (χ3n) is 6.86. The third-order valence-corrected chi connectivity index (χ3v) is 7.11. The molecule has 2 saturated carbocycles. The molecule has 158 valence electrons. The molecule has 2 bridgehead atoms. The second-order valence-electron chi connectivity index (χ2n) is 8.53. The van der Waals surface area contributed by atoms with Gasteiger partial charge in [-0.2, -0.15) is 5.01 Å². The maximum atomic E-state index is 13.4. The topological polar surface area (TPSA) is 74.8 Å². The van der Waals surface area contributed by atoms with Crippen LogP contribution in [0.3, 0.4) is 0 Å². The normalized spacial score (nSPS) is 26.3. The van der Waals surface area contributed by atoms with E-state index in [0.717, 1.165) is 29.3 Å². The van der Waals surface area contributed by atoms with Crippen LogP contribution in [0.1, 0.15) is 40.0 Å². The average Bonchev–Trinajstić information content (AvgIpc) is 3.47. The molecule has 1 aliphatic heterocycles. The number of carbonyl (C=O) groups is 4. The summed E-state index contributed by atoms with van der Waals surface area (Å²) in [4.78, 5) is 53.0. The number of rotatable bonds is 5. The van der Waals surface area contributed by atoms with Gasteiger partial charge in [0.2, 0.25) is 0 Å². The molecular formula is C24H21ClN2O4. The minimum atomic E-state index is -0.574. The molecule has 6 nitrogen and oxygen atoms in total. The molecule has 3 aliphatic rings. The molecule has 0 radical (unpaired) electrons. The van der Waals surface area contributed by atoms with Crippen molar-refractivity contribution in [3.05, 3.63) is 70.7 Å². The maximum Gasteiger partial charge on any atom is 0.273 e. The lowest BCUT2D eigenvalue weighted by atomic mass is 9.81. The molecule has 0 aromatic heterocycles. The molecule has 3 fully saturated rings. The Balaban J connectivity index is 1.50. The SMILES string of the molecule is O=C(CN(C(=O)c1ccc(Cl)cc1)N1C(=O)[C@H]2[C@H]3CC[C@@H](C3)[C@@H]2C1=O)c1ccccc1. The average molecular weight is 437 g/mol. The van der Waals surface area contributed by atoms with Crippen LogP contribution in [0.5, 0.6) is 0 Å². The van der Waals surface area contributed by atoms with Gasteiger partial charge in [-0.15, -0.1) is 0 Å². The molecule has 0 N–H and O–H groups in total. The number of hydrogen-bond donors (Lipinski definition) is 0. The van der Waals surface area contributed by atoms with Crippen LogP contribution >= 0.6 is 11.6 Å². The Bertz CT molecular complexity index is 1040. The van der Waals surface area contributed by atoms with Crippen LogP contribution in [0.15, 0.2) is 54.6 Å². The fraction of sp³-hybridized carbons (Fsp3) is 0.333. The zero-order valence-electron chi connectivity index (χ0n) is 16.7. The number of Topliss-reactive ketones (excluding diaryl/α,β-unsaturated/α-hetero) is 1. The number of fused-ring (bicyclic) bond motifs is 5. The zero-order chi connectivity index (χ0) is 21.7. The fourth-order valence-electron chi connectivity index (χ4n) is 5.46. The van der Waals surface area contributed by atoms with Crippen LogP contribution in [0, 0.1) is 23.7 Å². The zero-order valence-corrected chi connectivity index (χ0v) is 17.5. The van der Waals surface area contributed by atoms with E-state index in [1.165, 1.54) is 12.1 Å². The molecule has 2 aromatic rings. The van der Waals surface area contributed by atoms with Gasteiger partial charge in [0, 0.05) is 16.1 Å². The maximum absolute atomic E-state index is 13.4. The van der Waals surface area contributed by atoms with Crippen molar-refractivity contribution in [3.8, 4) is 0 Å². The van der Waals surface area contributed by atoms with Gasteiger partial charge in [-0.3, -0.25) is 19.2 Å². The van der Waals surface area contributed by atoms with Crippen LogP contribution in [0.4, 0.5) is 0 Å². The number of carbonyl (C=O) groups excluding carboxylic acids is 4. The molecule has 1 saturated heterocycles. The predicted octanol–water partition coefficient (Wildman–Crippen LogP) is 3.61. The fourth-order valence-corrected chi connectivity index (χ4v) is 5.58. The number of hydrogen-bond acceptors (Lipinski definition) is 4. The highest BCUT2D eigenvalue weighted by Gasteiger charge is 2.62. The Morgan fingerprint density at radius 2 is 1.45 bits per heavy atom. The predicted molar refractivity (Wildman–Crippen MR) is 113 cm³/mol. The smallest absolute Gasteiger partial charge is 0.273 e. The van der Waals surface area contributed by atoms with Crippen molar-refractivity contribution in [2.45, 2.75) is 19.3 Å². The van der Waals surface area contributed by atoms with Gasteiger partial charge in [0.15, 0.2) is 5.78 Å². The molecule has 0 spiro atoms. The van der Waals surface area contributed by atoms with E-state index in [-0.39, 0.29) is 46.8 Å². The van der Waals surface area contributed by atoms with Crippen molar-refractivity contribution in [2.24, 2.45) is 23.7 Å². The van der Waals surface area contributed by atoms with Gasteiger partial charge in [0.1, 0.15) is 6.54 Å². The number of benzene rings is 2. The van der Waals surface area contributed by atoms with E-state index < -0.39 is 12.5 Å². The van der Waals surface area contributed by atoms with Crippen LogP contribution < -0.4 is 0 Å². The first-order valence-electron chi connectivity index (χ1n) is 10.5. The molecule has 3 amide bonds. The van der Waals surface area contributed by atoms with Crippen LogP contribution in [0.25, 0.3) is 0 Å². The summed E-state index contributed by atoms with van der Waals surface area (Å²) < 4.78 is 0. The van der Waals surface area contributed by atoms with Gasteiger partial charge in [-0.25, -0.2) is 5.01 Å². The molecular weight excluding hydrogens is 416 g/mol. The summed E-state index contributed by atoms with van der Waals surface area (Å²) in [5, 5.41) is 2.45. The number of nitrogens with zero attached hydrogens (tertiary/aromatic N) is 2. The van der Waals surface area contributed by atoms with E-state index in [9.17, 15) is 19.2 Å². The van der Waals surface area contributed by atoms with Gasteiger partial charge in [-0.05, 0) is 55.4 Å². The molecule has 5 rings (SSSR count). The van der Waals surface area contributed by atoms with Crippen molar-refractivity contribution in [2.75, 3.05) is 6.54 Å². The molecule has 1 heterocycles. The Hall–Kier alpha value is -2.99. The largest absolute Gasteiger partial charge is 0.292 e. The lowest BCUT2D eigenvalue weighted by molar-refractivity contribution is -0.154. The Labute approximate surface area is 184 Å². The first-order chi connectivity index (χ1) is 15.0. The van der Waals surface area contributed by atoms with Gasteiger partial charge in [0.05, 0.1) is 11.8 Å². The first-order valence-corrected chi connectivity index (χ1v) is 10.9. The van der Waals surface area contributed by atoms with Crippen molar-refractivity contribution in [1.29, 1.82) is 0 Å². The van der Waals surface area contributed by atoms with E-state index in [1.807, 2.05) is 0 Å². The standard InChI is InChI=1S/C24H21ClN2O4/c25-18-10-8-15(9-11-18)22(29)26(13-19(28)14-4-2-1-3-5-14)27-23(30)20-16-6-7-17(12-16)21(20)24(27)31/h1-5,8-11,16-17,20-21H,6-7,12-13H2/t16-,17-,20-,21-/m0/s1. The summed E-state index contributed by atoms with van der Waals surface area (Å²) in [6.07, 6.45) is 2.77. The highest BCUT2D eigenvalue weighted by Crippen LogP contribution is 2.56. The summed E-state index contributed by atoms with van der Waals surface area (Å²) in [5.74, 6) is -2.01. The van der Waals surface area contributed by atoms with Gasteiger partial charge >= 0.3 is 0 Å². The van der Waals surface area contributed by atoms with E-state index in [4.69, 9.17) is 11.6 Å². The summed E-state index contributed by atoms with van der Waals surface area (Å²) in [6, 6.07) is 14.7.